The molecule has 5 rings (SSSR count). The quantitative estimate of drug-likeness (QED) is 0.242. The van der Waals surface area contributed by atoms with Crippen molar-refractivity contribution in [3.63, 3.8) is 0 Å². The zero-order chi connectivity index (χ0) is 28.4. The lowest BCUT2D eigenvalue weighted by molar-refractivity contribution is -0.139. The highest BCUT2D eigenvalue weighted by atomic mass is 79.9. The fourth-order valence-electron chi connectivity index (χ4n) is 4.39. The lowest BCUT2D eigenvalue weighted by atomic mass is 10.0. The summed E-state index contributed by atoms with van der Waals surface area (Å²) in [5.41, 5.74) is 1.70. The van der Waals surface area contributed by atoms with Gasteiger partial charge in [0.25, 0.3) is 5.56 Å². The number of aromatic nitrogens is 1. The molecular weight excluding hydrogens is 619 g/mol. The first-order valence-electron chi connectivity index (χ1n) is 12.3. The van der Waals surface area contributed by atoms with E-state index in [1.807, 2.05) is 17.5 Å². The monoisotopic (exact) mass is 642 g/mol. The molecule has 0 aliphatic carbocycles. The number of halogens is 2. The molecule has 0 saturated carbocycles. The Morgan fingerprint density at radius 3 is 2.73 bits per heavy atom. The Morgan fingerprint density at radius 1 is 1.23 bits per heavy atom. The van der Waals surface area contributed by atoms with Crippen molar-refractivity contribution in [2.45, 2.75) is 26.5 Å². The largest absolute Gasteiger partial charge is 0.493 e. The summed E-state index contributed by atoms with van der Waals surface area (Å²) in [5.74, 6) is -0.0127. The van der Waals surface area contributed by atoms with Gasteiger partial charge in [-0.05, 0) is 71.1 Å². The van der Waals surface area contributed by atoms with Crippen molar-refractivity contribution < 1.29 is 23.4 Å². The van der Waals surface area contributed by atoms with E-state index in [1.54, 1.807) is 54.8 Å². The van der Waals surface area contributed by atoms with Gasteiger partial charge in [0.15, 0.2) is 16.3 Å². The number of allylic oxidation sites excluding steroid dienone is 1. The number of thiazole rings is 1. The van der Waals surface area contributed by atoms with Crippen LogP contribution in [0, 0.1) is 5.82 Å². The third kappa shape index (κ3) is 5.41. The summed E-state index contributed by atoms with van der Waals surface area (Å²) < 4.78 is 33.4. The van der Waals surface area contributed by atoms with E-state index >= 15 is 0 Å². The number of hydrogen-bond donors (Lipinski definition) is 0. The van der Waals surface area contributed by atoms with Gasteiger partial charge in [-0.1, -0.05) is 35.6 Å². The second-order valence-corrected chi connectivity index (χ2v) is 11.6. The Bertz CT molecular complexity index is 1790. The van der Waals surface area contributed by atoms with Crippen molar-refractivity contribution in [2.75, 3.05) is 13.7 Å². The number of hydrogen-bond acceptors (Lipinski definition) is 8. The molecule has 206 valence electrons. The van der Waals surface area contributed by atoms with Gasteiger partial charge >= 0.3 is 5.97 Å². The number of ether oxygens (including phenoxy) is 3. The minimum Gasteiger partial charge on any atom is -0.493 e. The summed E-state index contributed by atoms with van der Waals surface area (Å²) in [6.07, 6.45) is 1.74. The van der Waals surface area contributed by atoms with Crippen LogP contribution in [0.3, 0.4) is 0 Å². The third-order valence-electron chi connectivity index (χ3n) is 6.21. The number of rotatable bonds is 8. The van der Waals surface area contributed by atoms with Crippen LogP contribution in [-0.2, 0) is 16.1 Å². The summed E-state index contributed by atoms with van der Waals surface area (Å²) >= 11 is 6.23. The third-order valence-corrected chi connectivity index (χ3v) is 8.71. The van der Waals surface area contributed by atoms with Crippen LogP contribution >= 0.6 is 38.6 Å². The minimum atomic E-state index is -0.632. The lowest BCUT2D eigenvalue weighted by Gasteiger charge is -2.23. The van der Waals surface area contributed by atoms with Crippen LogP contribution < -0.4 is 24.4 Å². The van der Waals surface area contributed by atoms with Crippen LogP contribution in [0.1, 0.15) is 35.9 Å². The van der Waals surface area contributed by atoms with E-state index < -0.39 is 12.0 Å². The SMILES string of the molecule is CCOC(=O)C1=C(C)N=c2s/c(=C/c3cc(Br)c(OCc4ccccc4F)c(OC)c3)c(=O)n2C1c1cccs1. The molecule has 1 aliphatic rings. The van der Waals surface area contributed by atoms with E-state index in [2.05, 4.69) is 20.9 Å². The zero-order valence-electron chi connectivity index (χ0n) is 21.8. The van der Waals surface area contributed by atoms with Gasteiger partial charge in [0.2, 0.25) is 0 Å². The molecule has 0 saturated heterocycles. The van der Waals surface area contributed by atoms with Crippen LogP contribution in [0.4, 0.5) is 4.39 Å². The average Bonchev–Trinajstić information content (AvgIpc) is 3.56. The van der Waals surface area contributed by atoms with Gasteiger partial charge in [0.05, 0.1) is 34.0 Å². The first-order valence-corrected chi connectivity index (χ1v) is 14.8. The Labute approximate surface area is 245 Å². The fraction of sp³-hybridized carbons (Fsp3) is 0.207. The maximum atomic E-state index is 14.1. The van der Waals surface area contributed by atoms with Crippen molar-refractivity contribution in [1.82, 2.24) is 4.57 Å². The zero-order valence-corrected chi connectivity index (χ0v) is 25.0. The predicted molar refractivity (Wildman–Crippen MR) is 156 cm³/mol. The lowest BCUT2D eigenvalue weighted by Crippen LogP contribution is -2.39. The van der Waals surface area contributed by atoms with E-state index in [4.69, 9.17) is 14.2 Å². The molecule has 0 amide bonds. The first-order chi connectivity index (χ1) is 19.3. The maximum absolute atomic E-state index is 14.1. The van der Waals surface area contributed by atoms with E-state index in [9.17, 15) is 14.0 Å². The molecule has 0 spiro atoms. The summed E-state index contributed by atoms with van der Waals surface area (Å²) in [6, 6.07) is 13.1. The first kappa shape index (κ1) is 28.0. The van der Waals surface area contributed by atoms with Gasteiger partial charge in [-0.25, -0.2) is 14.2 Å². The molecule has 2 aromatic carbocycles. The Hall–Kier alpha value is -3.54. The molecule has 1 unspecified atom stereocenters. The molecular formula is C29H24BrFN2O5S2. The van der Waals surface area contributed by atoms with Crippen LogP contribution in [0.5, 0.6) is 11.5 Å². The number of fused-ring (bicyclic) bond motifs is 1. The maximum Gasteiger partial charge on any atom is 0.338 e. The molecule has 3 heterocycles. The summed E-state index contributed by atoms with van der Waals surface area (Å²) in [5, 5.41) is 1.91. The van der Waals surface area contributed by atoms with Crippen molar-refractivity contribution in [3.05, 3.63) is 111 Å². The Balaban J connectivity index is 1.56. The van der Waals surface area contributed by atoms with Gasteiger partial charge in [-0.2, -0.15) is 0 Å². The highest BCUT2D eigenvalue weighted by Crippen LogP contribution is 2.38. The second-order valence-electron chi connectivity index (χ2n) is 8.73. The topological polar surface area (TPSA) is 79.1 Å². The molecule has 1 atom stereocenters. The molecule has 11 heteroatoms. The average molecular weight is 644 g/mol. The smallest absolute Gasteiger partial charge is 0.338 e. The van der Waals surface area contributed by atoms with Gasteiger partial charge in [-0.3, -0.25) is 9.36 Å². The van der Waals surface area contributed by atoms with E-state index in [0.29, 0.717) is 47.7 Å². The number of esters is 1. The molecule has 0 N–H and O–H groups in total. The van der Waals surface area contributed by atoms with Crippen LogP contribution in [0.25, 0.3) is 6.08 Å². The van der Waals surface area contributed by atoms with Gasteiger partial charge in [0, 0.05) is 10.4 Å². The highest BCUT2D eigenvalue weighted by molar-refractivity contribution is 9.10. The number of thiophene rings is 1. The highest BCUT2D eigenvalue weighted by Gasteiger charge is 2.33. The van der Waals surface area contributed by atoms with Gasteiger partial charge in [0.1, 0.15) is 18.5 Å². The van der Waals surface area contributed by atoms with Crippen LogP contribution in [-0.4, -0.2) is 24.3 Å². The van der Waals surface area contributed by atoms with Gasteiger partial charge in [-0.15, -0.1) is 11.3 Å². The number of carbonyl (C=O) groups excluding carboxylic acids is 1. The van der Waals surface area contributed by atoms with Crippen LogP contribution in [0.2, 0.25) is 0 Å². The Morgan fingerprint density at radius 2 is 2.02 bits per heavy atom. The summed E-state index contributed by atoms with van der Waals surface area (Å²) in [6.45, 7) is 3.73. The predicted octanol–water partition coefficient (Wildman–Crippen LogP) is 5.35. The van der Waals surface area contributed by atoms with Crippen LogP contribution in [0.15, 0.2) is 79.4 Å². The molecule has 40 heavy (non-hydrogen) atoms. The molecule has 2 aromatic heterocycles. The van der Waals surface area contributed by atoms with Gasteiger partial charge < -0.3 is 14.2 Å². The van der Waals surface area contributed by atoms with Crippen molar-refractivity contribution >= 4 is 50.6 Å². The molecule has 0 bridgehead atoms. The normalized spacial score (nSPS) is 15.0. The standard InChI is InChI=1S/C29H24BrFN2O5S2/c1-4-37-28(35)24-16(2)32-29-33(25(24)22-10-7-11-39-22)27(34)23(40-29)14-17-12-19(30)26(21(13-17)36-3)38-15-18-8-5-6-9-20(18)31/h5-14,25H,4,15H2,1-3H3/b23-14+. The number of nitrogens with zero attached hydrogens (tertiary/aromatic N) is 2. The summed E-state index contributed by atoms with van der Waals surface area (Å²) in [7, 11) is 1.51. The molecule has 4 aromatic rings. The van der Waals surface area contributed by atoms with Crippen molar-refractivity contribution in [2.24, 2.45) is 4.99 Å². The second kappa shape index (κ2) is 11.9. The molecule has 1 aliphatic heterocycles. The number of carbonyl (C=O) groups is 1. The van der Waals surface area contributed by atoms with E-state index in [0.717, 1.165) is 4.88 Å². The van der Waals surface area contributed by atoms with E-state index in [1.165, 1.54) is 35.8 Å². The summed E-state index contributed by atoms with van der Waals surface area (Å²) in [4.78, 5) is 32.6. The minimum absolute atomic E-state index is 0.0183. The van der Waals surface area contributed by atoms with E-state index in [-0.39, 0.29) is 24.6 Å². The molecule has 7 nitrogen and oxygen atoms in total. The Kier molecular flexibility index (Phi) is 8.34. The number of methoxy groups -OCH3 is 1. The van der Waals surface area contributed by atoms with Crippen molar-refractivity contribution in [3.8, 4) is 11.5 Å². The molecule has 0 fully saturated rings. The molecule has 0 radical (unpaired) electrons. The number of benzene rings is 2. The fourth-order valence-corrected chi connectivity index (χ4v) is 6.83. The van der Waals surface area contributed by atoms with Crippen molar-refractivity contribution in [1.29, 1.82) is 0 Å².